The van der Waals surface area contributed by atoms with Crippen LogP contribution in [0.2, 0.25) is 0 Å². The summed E-state index contributed by atoms with van der Waals surface area (Å²) in [5.74, 6) is 0.712. The predicted octanol–water partition coefficient (Wildman–Crippen LogP) is 4.59. The van der Waals surface area contributed by atoms with Crippen molar-refractivity contribution < 1.29 is 9.53 Å². The summed E-state index contributed by atoms with van der Waals surface area (Å²) < 4.78 is 5.79. The second kappa shape index (κ2) is 7.74. The third-order valence-electron chi connectivity index (χ3n) is 4.28. The topological polar surface area (TPSA) is 63.2 Å². The summed E-state index contributed by atoms with van der Waals surface area (Å²) >= 11 is 0. The largest absolute Gasteiger partial charge is 0.489 e. The van der Waals surface area contributed by atoms with Gasteiger partial charge in [0.1, 0.15) is 17.9 Å². The molecule has 0 spiro atoms. The number of carbonyl (C=O) groups excluding carboxylic acids is 1. The highest BCUT2D eigenvalue weighted by Gasteiger charge is 2.06. The van der Waals surface area contributed by atoms with Gasteiger partial charge in [0.05, 0.1) is 12.2 Å². The summed E-state index contributed by atoms with van der Waals surface area (Å²) in [5, 5.41) is 8.83. The Balaban J connectivity index is 1.33. The van der Waals surface area contributed by atoms with Crippen molar-refractivity contribution in [3.63, 3.8) is 0 Å². The fourth-order valence-corrected chi connectivity index (χ4v) is 3.02. The van der Waals surface area contributed by atoms with E-state index in [2.05, 4.69) is 15.6 Å². The lowest BCUT2D eigenvalue weighted by molar-refractivity contribution is 0.247. The molecule has 3 aromatic carbocycles. The standard InChI is InChI=1S/C22H19N3O2/c26-22(25-19-11-3-7-16-6-1-2-10-18(16)19)24-14-15-27-20-12-4-8-17-9-5-13-23-21(17)20/h1-13H,14-15H2,(H2,24,25,26). The minimum Gasteiger partial charge on any atom is -0.489 e. The molecule has 4 aromatic rings. The molecule has 2 amide bonds. The van der Waals surface area contributed by atoms with Gasteiger partial charge in [0.2, 0.25) is 0 Å². The van der Waals surface area contributed by atoms with Crippen LogP contribution >= 0.6 is 0 Å². The molecule has 4 rings (SSSR count). The van der Waals surface area contributed by atoms with E-state index in [-0.39, 0.29) is 6.03 Å². The second-order valence-corrected chi connectivity index (χ2v) is 6.09. The molecule has 0 bridgehead atoms. The maximum Gasteiger partial charge on any atom is 0.319 e. The van der Waals surface area contributed by atoms with Crippen molar-refractivity contribution in [3.8, 4) is 5.75 Å². The number of ether oxygens (including phenoxy) is 1. The SMILES string of the molecule is O=C(NCCOc1cccc2cccnc12)Nc1cccc2ccccc12. The molecular formula is C22H19N3O2. The van der Waals surface area contributed by atoms with Crippen molar-refractivity contribution in [1.82, 2.24) is 10.3 Å². The van der Waals surface area contributed by atoms with E-state index < -0.39 is 0 Å². The molecule has 5 nitrogen and oxygen atoms in total. The molecule has 0 aliphatic rings. The van der Waals surface area contributed by atoms with Gasteiger partial charge in [0.25, 0.3) is 0 Å². The van der Waals surface area contributed by atoms with Crippen LogP contribution in [0.15, 0.2) is 79.0 Å². The molecule has 0 atom stereocenters. The van der Waals surface area contributed by atoms with E-state index in [0.29, 0.717) is 18.9 Å². The number of rotatable bonds is 5. The Morgan fingerprint density at radius 3 is 2.63 bits per heavy atom. The number of carbonyl (C=O) groups is 1. The first-order valence-corrected chi connectivity index (χ1v) is 8.80. The maximum absolute atomic E-state index is 12.2. The van der Waals surface area contributed by atoms with Gasteiger partial charge in [-0.2, -0.15) is 0 Å². The van der Waals surface area contributed by atoms with Crippen LogP contribution in [-0.4, -0.2) is 24.2 Å². The number of aromatic nitrogens is 1. The van der Waals surface area contributed by atoms with Crippen molar-refractivity contribution in [2.45, 2.75) is 0 Å². The zero-order valence-corrected chi connectivity index (χ0v) is 14.7. The lowest BCUT2D eigenvalue weighted by atomic mass is 10.1. The molecule has 0 saturated heterocycles. The van der Waals surface area contributed by atoms with Crippen LogP contribution in [0.4, 0.5) is 10.5 Å². The van der Waals surface area contributed by atoms with Crippen molar-refractivity contribution in [2.75, 3.05) is 18.5 Å². The van der Waals surface area contributed by atoms with Crippen LogP contribution < -0.4 is 15.4 Å². The van der Waals surface area contributed by atoms with Gasteiger partial charge in [-0.25, -0.2) is 4.79 Å². The molecule has 0 fully saturated rings. The monoisotopic (exact) mass is 357 g/mol. The smallest absolute Gasteiger partial charge is 0.319 e. The van der Waals surface area contributed by atoms with Crippen LogP contribution in [0.25, 0.3) is 21.7 Å². The maximum atomic E-state index is 12.2. The Hall–Kier alpha value is -3.60. The van der Waals surface area contributed by atoms with Crippen LogP contribution in [0.3, 0.4) is 0 Å². The molecule has 0 saturated carbocycles. The predicted molar refractivity (Wildman–Crippen MR) is 108 cm³/mol. The van der Waals surface area contributed by atoms with Crippen molar-refractivity contribution in [1.29, 1.82) is 0 Å². The molecule has 5 heteroatoms. The molecule has 0 aliphatic carbocycles. The Kier molecular flexibility index (Phi) is 4.83. The van der Waals surface area contributed by atoms with E-state index in [0.717, 1.165) is 27.4 Å². The van der Waals surface area contributed by atoms with Crippen molar-refractivity contribution in [2.24, 2.45) is 0 Å². The first kappa shape index (κ1) is 16.8. The quantitative estimate of drug-likeness (QED) is 0.514. The Labute approximate surface area is 157 Å². The highest BCUT2D eigenvalue weighted by molar-refractivity contribution is 6.01. The number of hydrogen-bond acceptors (Lipinski definition) is 3. The minimum absolute atomic E-state index is 0.258. The Bertz CT molecular complexity index is 1080. The number of pyridine rings is 1. The van der Waals surface area contributed by atoms with Gasteiger partial charge in [-0.1, -0.05) is 54.6 Å². The van der Waals surface area contributed by atoms with E-state index >= 15 is 0 Å². The molecular weight excluding hydrogens is 338 g/mol. The highest BCUT2D eigenvalue weighted by atomic mass is 16.5. The number of amides is 2. The van der Waals surface area contributed by atoms with Crippen molar-refractivity contribution in [3.05, 3.63) is 79.0 Å². The molecule has 2 N–H and O–H groups in total. The number of para-hydroxylation sites is 1. The van der Waals surface area contributed by atoms with Crippen LogP contribution in [0.5, 0.6) is 5.75 Å². The number of fused-ring (bicyclic) bond motifs is 2. The summed E-state index contributed by atoms with van der Waals surface area (Å²) in [7, 11) is 0. The lowest BCUT2D eigenvalue weighted by Crippen LogP contribution is -2.32. The molecule has 1 aromatic heterocycles. The third-order valence-corrected chi connectivity index (χ3v) is 4.28. The normalized spacial score (nSPS) is 10.7. The fraction of sp³-hybridized carbons (Fsp3) is 0.0909. The van der Waals surface area contributed by atoms with Crippen molar-refractivity contribution >= 4 is 33.4 Å². The van der Waals surface area contributed by atoms with Gasteiger partial charge < -0.3 is 15.4 Å². The number of nitrogens with one attached hydrogen (secondary N) is 2. The van der Waals surface area contributed by atoms with E-state index in [1.807, 2.05) is 72.8 Å². The van der Waals surface area contributed by atoms with E-state index in [1.165, 1.54) is 0 Å². The number of anilines is 1. The van der Waals surface area contributed by atoms with E-state index in [9.17, 15) is 4.79 Å². The molecule has 134 valence electrons. The average Bonchev–Trinajstić information content (AvgIpc) is 2.71. The van der Waals surface area contributed by atoms with Gasteiger partial charge in [0.15, 0.2) is 0 Å². The first-order chi connectivity index (χ1) is 13.3. The van der Waals surface area contributed by atoms with Crippen LogP contribution in [0, 0.1) is 0 Å². The Morgan fingerprint density at radius 1 is 0.889 bits per heavy atom. The number of urea groups is 1. The summed E-state index contributed by atoms with van der Waals surface area (Å²) in [6.45, 7) is 0.748. The van der Waals surface area contributed by atoms with E-state index in [4.69, 9.17) is 4.74 Å². The summed E-state index contributed by atoms with van der Waals surface area (Å²) in [4.78, 5) is 16.5. The second-order valence-electron chi connectivity index (χ2n) is 6.09. The third kappa shape index (κ3) is 3.82. The number of hydrogen-bond donors (Lipinski definition) is 2. The average molecular weight is 357 g/mol. The summed E-state index contributed by atoms with van der Waals surface area (Å²) in [6.07, 6.45) is 1.74. The Morgan fingerprint density at radius 2 is 1.67 bits per heavy atom. The summed E-state index contributed by atoms with van der Waals surface area (Å²) in [6, 6.07) is 23.2. The van der Waals surface area contributed by atoms with Gasteiger partial charge >= 0.3 is 6.03 Å². The first-order valence-electron chi connectivity index (χ1n) is 8.80. The zero-order chi connectivity index (χ0) is 18.5. The van der Waals surface area contributed by atoms with Gasteiger partial charge in [-0.3, -0.25) is 4.98 Å². The van der Waals surface area contributed by atoms with Gasteiger partial charge in [0, 0.05) is 17.0 Å². The number of nitrogens with zero attached hydrogens (tertiary/aromatic N) is 1. The van der Waals surface area contributed by atoms with E-state index in [1.54, 1.807) is 6.20 Å². The molecule has 27 heavy (non-hydrogen) atoms. The minimum atomic E-state index is -0.258. The number of benzene rings is 3. The van der Waals surface area contributed by atoms with Crippen LogP contribution in [-0.2, 0) is 0 Å². The molecule has 1 heterocycles. The summed E-state index contributed by atoms with van der Waals surface area (Å²) in [5.41, 5.74) is 1.60. The highest BCUT2D eigenvalue weighted by Crippen LogP contribution is 2.23. The van der Waals surface area contributed by atoms with Crippen LogP contribution in [0.1, 0.15) is 0 Å². The fourth-order valence-electron chi connectivity index (χ4n) is 3.02. The van der Waals surface area contributed by atoms with Gasteiger partial charge in [-0.05, 0) is 23.6 Å². The molecule has 0 unspecified atom stereocenters. The molecule has 0 radical (unpaired) electrons. The molecule has 0 aliphatic heterocycles. The zero-order valence-electron chi connectivity index (χ0n) is 14.7. The van der Waals surface area contributed by atoms with Gasteiger partial charge in [-0.15, -0.1) is 0 Å². The lowest BCUT2D eigenvalue weighted by Gasteiger charge is -2.11.